The van der Waals surface area contributed by atoms with Gasteiger partial charge in [-0.05, 0) is 51.9 Å². The monoisotopic (exact) mass is 222 g/mol. The second-order valence-electron chi connectivity index (χ2n) is 5.17. The molecule has 0 radical (unpaired) electrons. The van der Waals surface area contributed by atoms with Gasteiger partial charge in [0, 0.05) is 0 Å². The lowest BCUT2D eigenvalue weighted by Crippen LogP contribution is -1.91. The number of rotatable bonds is 9. The Hall–Kier alpha value is -0.520. The lowest BCUT2D eigenvalue weighted by Gasteiger charge is -2.06. The van der Waals surface area contributed by atoms with Crippen molar-refractivity contribution in [2.45, 2.75) is 72.6 Å². The molecule has 1 atom stereocenters. The summed E-state index contributed by atoms with van der Waals surface area (Å²) in [5.74, 6) is 0.832. The molecule has 0 rings (SSSR count). The molecule has 16 heavy (non-hydrogen) atoms. The first-order chi connectivity index (χ1) is 7.66. The molecule has 0 heterocycles. The molecule has 0 fully saturated rings. The van der Waals surface area contributed by atoms with Crippen molar-refractivity contribution in [3.63, 3.8) is 0 Å². The molecule has 0 aliphatic heterocycles. The summed E-state index contributed by atoms with van der Waals surface area (Å²) < 4.78 is 0. The number of hydrogen-bond donors (Lipinski definition) is 0. The average molecular weight is 222 g/mol. The van der Waals surface area contributed by atoms with Crippen molar-refractivity contribution in [2.75, 3.05) is 0 Å². The molecule has 0 nitrogen and oxygen atoms in total. The SMILES string of the molecule is CCCCC/C=C/C[C@H](C)CCC=C(C)C. The van der Waals surface area contributed by atoms with Crippen LogP contribution >= 0.6 is 0 Å². The Labute approximate surface area is 103 Å². The summed E-state index contributed by atoms with van der Waals surface area (Å²) in [7, 11) is 0. The van der Waals surface area contributed by atoms with E-state index in [9.17, 15) is 0 Å². The number of hydrogen-bond acceptors (Lipinski definition) is 0. The summed E-state index contributed by atoms with van der Waals surface area (Å²) in [6.07, 6.45) is 16.2. The Kier molecular flexibility index (Phi) is 10.6. The molecular formula is C16H30. The van der Waals surface area contributed by atoms with Crippen LogP contribution in [0.25, 0.3) is 0 Å². The molecule has 0 aliphatic carbocycles. The Morgan fingerprint density at radius 2 is 1.81 bits per heavy atom. The largest absolute Gasteiger partial charge is 0.0885 e. The lowest BCUT2D eigenvalue weighted by molar-refractivity contribution is 0.545. The molecule has 0 heteroatoms. The van der Waals surface area contributed by atoms with Gasteiger partial charge < -0.3 is 0 Å². The van der Waals surface area contributed by atoms with Gasteiger partial charge in [-0.2, -0.15) is 0 Å². The first-order valence-electron chi connectivity index (χ1n) is 6.95. The second-order valence-corrected chi connectivity index (χ2v) is 5.17. The summed E-state index contributed by atoms with van der Waals surface area (Å²) in [4.78, 5) is 0. The molecule has 0 spiro atoms. The van der Waals surface area contributed by atoms with Gasteiger partial charge in [0.2, 0.25) is 0 Å². The van der Waals surface area contributed by atoms with E-state index in [4.69, 9.17) is 0 Å². The van der Waals surface area contributed by atoms with Crippen LogP contribution in [0.1, 0.15) is 72.6 Å². The summed E-state index contributed by atoms with van der Waals surface area (Å²) >= 11 is 0. The van der Waals surface area contributed by atoms with E-state index in [1.54, 1.807) is 0 Å². The van der Waals surface area contributed by atoms with E-state index in [0.29, 0.717) is 0 Å². The maximum absolute atomic E-state index is 2.38. The van der Waals surface area contributed by atoms with Crippen molar-refractivity contribution in [3.8, 4) is 0 Å². The molecule has 0 saturated heterocycles. The van der Waals surface area contributed by atoms with Crippen molar-refractivity contribution in [3.05, 3.63) is 23.8 Å². The van der Waals surface area contributed by atoms with Crippen LogP contribution < -0.4 is 0 Å². The standard InChI is InChI=1S/C16H30/c1-5-6-7-8-9-10-13-16(4)14-11-12-15(2)3/h9-10,12,16H,5-8,11,13-14H2,1-4H3/b10-9+/t16-/m0/s1. The highest BCUT2D eigenvalue weighted by molar-refractivity contribution is 4.93. The number of allylic oxidation sites excluding steroid dienone is 4. The molecule has 0 unspecified atom stereocenters. The van der Waals surface area contributed by atoms with Gasteiger partial charge in [0.1, 0.15) is 0 Å². The van der Waals surface area contributed by atoms with E-state index < -0.39 is 0 Å². The fourth-order valence-electron chi connectivity index (χ4n) is 1.73. The molecule has 0 saturated carbocycles. The van der Waals surface area contributed by atoms with Crippen LogP contribution in [0.2, 0.25) is 0 Å². The van der Waals surface area contributed by atoms with E-state index in [0.717, 1.165) is 5.92 Å². The lowest BCUT2D eigenvalue weighted by atomic mass is 10.0. The Morgan fingerprint density at radius 3 is 2.44 bits per heavy atom. The zero-order valence-electron chi connectivity index (χ0n) is 11.8. The van der Waals surface area contributed by atoms with Crippen molar-refractivity contribution in [2.24, 2.45) is 5.92 Å². The zero-order chi connectivity index (χ0) is 12.2. The Morgan fingerprint density at radius 1 is 1.06 bits per heavy atom. The van der Waals surface area contributed by atoms with Gasteiger partial charge >= 0.3 is 0 Å². The van der Waals surface area contributed by atoms with Gasteiger partial charge in [-0.15, -0.1) is 0 Å². The van der Waals surface area contributed by atoms with Gasteiger partial charge in [0.15, 0.2) is 0 Å². The van der Waals surface area contributed by atoms with Gasteiger partial charge in [-0.25, -0.2) is 0 Å². The van der Waals surface area contributed by atoms with Crippen molar-refractivity contribution >= 4 is 0 Å². The number of unbranched alkanes of at least 4 members (excludes halogenated alkanes) is 3. The topological polar surface area (TPSA) is 0 Å². The molecule has 0 aromatic carbocycles. The Bertz CT molecular complexity index is 194. The molecular weight excluding hydrogens is 192 g/mol. The van der Waals surface area contributed by atoms with Crippen LogP contribution in [0.4, 0.5) is 0 Å². The summed E-state index contributed by atoms with van der Waals surface area (Å²) in [5, 5.41) is 0. The van der Waals surface area contributed by atoms with Crippen LogP contribution in [0.3, 0.4) is 0 Å². The minimum atomic E-state index is 0.832. The highest BCUT2D eigenvalue weighted by Crippen LogP contribution is 2.12. The molecule has 0 amide bonds. The third kappa shape index (κ3) is 11.6. The van der Waals surface area contributed by atoms with Gasteiger partial charge in [0.25, 0.3) is 0 Å². The predicted octanol–water partition coefficient (Wildman–Crippen LogP) is 5.90. The van der Waals surface area contributed by atoms with Crippen molar-refractivity contribution in [1.29, 1.82) is 0 Å². The predicted molar refractivity (Wildman–Crippen MR) is 75.7 cm³/mol. The van der Waals surface area contributed by atoms with Gasteiger partial charge in [-0.1, -0.05) is 50.5 Å². The fourth-order valence-corrected chi connectivity index (χ4v) is 1.73. The third-order valence-corrected chi connectivity index (χ3v) is 2.89. The quantitative estimate of drug-likeness (QED) is 0.337. The molecule has 0 N–H and O–H groups in total. The van der Waals surface area contributed by atoms with Gasteiger partial charge in [0.05, 0.1) is 0 Å². The van der Waals surface area contributed by atoms with Crippen molar-refractivity contribution in [1.82, 2.24) is 0 Å². The molecule has 0 aromatic rings. The molecule has 0 bridgehead atoms. The van der Waals surface area contributed by atoms with E-state index in [1.807, 2.05) is 0 Å². The average Bonchev–Trinajstić information content (AvgIpc) is 2.22. The van der Waals surface area contributed by atoms with E-state index in [1.165, 1.54) is 50.5 Å². The maximum Gasteiger partial charge on any atom is -0.0325 e. The van der Waals surface area contributed by atoms with Crippen LogP contribution in [0, 0.1) is 5.92 Å². The van der Waals surface area contributed by atoms with E-state index in [-0.39, 0.29) is 0 Å². The molecule has 94 valence electrons. The van der Waals surface area contributed by atoms with Crippen LogP contribution in [-0.4, -0.2) is 0 Å². The van der Waals surface area contributed by atoms with Crippen LogP contribution in [0.15, 0.2) is 23.8 Å². The Balaban J connectivity index is 3.42. The summed E-state index contributed by atoms with van der Waals surface area (Å²) in [5.41, 5.74) is 1.45. The highest BCUT2D eigenvalue weighted by Gasteiger charge is 1.97. The fraction of sp³-hybridized carbons (Fsp3) is 0.750. The minimum absolute atomic E-state index is 0.832. The summed E-state index contributed by atoms with van der Waals surface area (Å²) in [6.45, 7) is 8.97. The normalized spacial score (nSPS) is 13.0. The van der Waals surface area contributed by atoms with E-state index >= 15 is 0 Å². The molecule has 0 aliphatic rings. The highest BCUT2D eigenvalue weighted by atomic mass is 14.0. The van der Waals surface area contributed by atoms with Crippen molar-refractivity contribution < 1.29 is 0 Å². The van der Waals surface area contributed by atoms with E-state index in [2.05, 4.69) is 45.9 Å². The smallest absolute Gasteiger partial charge is 0.0325 e. The van der Waals surface area contributed by atoms with Gasteiger partial charge in [-0.3, -0.25) is 0 Å². The summed E-state index contributed by atoms with van der Waals surface area (Å²) in [6, 6.07) is 0. The first kappa shape index (κ1) is 15.5. The third-order valence-electron chi connectivity index (χ3n) is 2.89. The maximum atomic E-state index is 2.38. The minimum Gasteiger partial charge on any atom is -0.0885 e. The zero-order valence-corrected chi connectivity index (χ0v) is 11.8. The molecule has 0 aromatic heterocycles. The second kappa shape index (κ2) is 11.0. The van der Waals surface area contributed by atoms with Crippen LogP contribution in [-0.2, 0) is 0 Å². The van der Waals surface area contributed by atoms with Crippen LogP contribution in [0.5, 0.6) is 0 Å². The first-order valence-corrected chi connectivity index (χ1v) is 6.95.